The number of benzene rings is 3. The molecule has 42 heavy (non-hydrogen) atoms. The maximum Gasteiger partial charge on any atom is 0.407 e. The van der Waals surface area contributed by atoms with E-state index in [1.54, 1.807) is 0 Å². The minimum atomic E-state index is -0.549. The molecule has 3 aromatic carbocycles. The van der Waals surface area contributed by atoms with E-state index in [9.17, 15) is 15.0 Å². The Morgan fingerprint density at radius 3 is 2.52 bits per heavy atom. The molecule has 5 rings (SSSR count). The summed E-state index contributed by atoms with van der Waals surface area (Å²) in [7, 11) is 0. The zero-order valence-corrected chi connectivity index (χ0v) is 23.9. The van der Waals surface area contributed by atoms with Gasteiger partial charge in [0.25, 0.3) is 0 Å². The van der Waals surface area contributed by atoms with Crippen molar-refractivity contribution >= 4 is 6.09 Å². The number of nitrogens with zero attached hydrogens (tertiary/aromatic N) is 1. The van der Waals surface area contributed by atoms with Crippen molar-refractivity contribution < 1.29 is 29.2 Å². The molecule has 4 atom stereocenters. The van der Waals surface area contributed by atoms with Crippen LogP contribution in [0.3, 0.4) is 0 Å². The van der Waals surface area contributed by atoms with Gasteiger partial charge in [-0.15, -0.1) is 0 Å². The number of hydrogen-bond acceptors (Lipinski definition) is 7. The van der Waals surface area contributed by atoms with Gasteiger partial charge in [0.05, 0.1) is 25.4 Å². The van der Waals surface area contributed by atoms with E-state index >= 15 is 0 Å². The second kappa shape index (κ2) is 14.6. The van der Waals surface area contributed by atoms with Gasteiger partial charge in [0.2, 0.25) is 0 Å². The largest absolute Gasteiger partial charge is 0.445 e. The van der Waals surface area contributed by atoms with Gasteiger partial charge in [-0.2, -0.15) is 0 Å². The number of nitrogens with one attached hydrogen (secondary N) is 1. The summed E-state index contributed by atoms with van der Waals surface area (Å²) in [5.41, 5.74) is 5.84. The second-order valence-corrected chi connectivity index (χ2v) is 10.8. The second-order valence-electron chi connectivity index (χ2n) is 10.8. The first-order valence-corrected chi connectivity index (χ1v) is 14.6. The van der Waals surface area contributed by atoms with E-state index in [0.717, 1.165) is 59.3 Å². The number of carbonyl (C=O) groups excluding carboxylic acids is 1. The van der Waals surface area contributed by atoms with Crippen LogP contribution in [0.15, 0.2) is 85.5 Å². The minimum Gasteiger partial charge on any atom is -0.445 e. The van der Waals surface area contributed by atoms with Crippen molar-refractivity contribution in [3.63, 3.8) is 0 Å². The number of hydrogen-bond donors (Lipinski definition) is 3. The van der Waals surface area contributed by atoms with Crippen LogP contribution in [0.2, 0.25) is 0 Å². The molecule has 8 heteroatoms. The Balaban J connectivity index is 1.33. The fourth-order valence-electron chi connectivity index (χ4n) is 5.77. The third kappa shape index (κ3) is 7.45. The van der Waals surface area contributed by atoms with Gasteiger partial charge in [-0.05, 0) is 47.2 Å². The van der Waals surface area contributed by atoms with E-state index < -0.39 is 12.4 Å². The molecule has 0 aromatic heterocycles. The van der Waals surface area contributed by atoms with Crippen LogP contribution in [-0.2, 0) is 27.4 Å². The molecule has 2 aliphatic rings. The van der Waals surface area contributed by atoms with Gasteiger partial charge < -0.3 is 29.7 Å². The minimum absolute atomic E-state index is 0.00259. The molecule has 3 N–H and O–H groups in total. The fraction of sp³-hybridized carbons (Fsp3) is 0.382. The van der Waals surface area contributed by atoms with E-state index in [4.69, 9.17) is 14.2 Å². The van der Waals surface area contributed by atoms with Crippen molar-refractivity contribution in [2.24, 2.45) is 0 Å². The van der Waals surface area contributed by atoms with Crippen LogP contribution in [0.4, 0.5) is 4.79 Å². The van der Waals surface area contributed by atoms with Gasteiger partial charge in [0, 0.05) is 31.1 Å². The van der Waals surface area contributed by atoms with Crippen LogP contribution in [-0.4, -0.2) is 59.7 Å². The van der Waals surface area contributed by atoms with Gasteiger partial charge in [-0.25, -0.2) is 4.79 Å². The van der Waals surface area contributed by atoms with Crippen LogP contribution < -0.4 is 5.32 Å². The Morgan fingerprint density at radius 1 is 1.02 bits per heavy atom. The lowest BCUT2D eigenvalue weighted by Gasteiger charge is -2.38. The van der Waals surface area contributed by atoms with E-state index in [0.29, 0.717) is 13.0 Å². The Morgan fingerprint density at radius 2 is 1.79 bits per heavy atom. The maximum atomic E-state index is 11.9. The summed E-state index contributed by atoms with van der Waals surface area (Å²) in [6.07, 6.45) is 3.06. The zero-order valence-electron chi connectivity index (χ0n) is 23.9. The lowest BCUT2D eigenvalue weighted by molar-refractivity contribution is -0.253. The number of carbonyl (C=O) groups is 1. The normalized spacial score (nSPS) is 22.5. The summed E-state index contributed by atoms with van der Waals surface area (Å²) >= 11 is 0. The molecular weight excluding hydrogens is 532 g/mol. The SMILES string of the molecule is C=CCOC(=O)NCc1ccccc1-c1ccc([C@@H]2O[C@H](CN3CCC[C@H]3CO)C[C@H](c3ccc(CO)cc3)O2)cc1. The Labute approximate surface area is 247 Å². The van der Waals surface area contributed by atoms with Crippen LogP contribution in [0.1, 0.15) is 53.9 Å². The Bertz CT molecular complexity index is 1310. The van der Waals surface area contributed by atoms with Crippen molar-refractivity contribution in [1.82, 2.24) is 10.2 Å². The highest BCUT2D eigenvalue weighted by molar-refractivity contribution is 5.70. The quantitative estimate of drug-likeness (QED) is 0.270. The molecule has 0 unspecified atom stereocenters. The van der Waals surface area contributed by atoms with E-state index in [1.807, 2.05) is 72.8 Å². The van der Waals surface area contributed by atoms with Gasteiger partial charge in [-0.3, -0.25) is 4.90 Å². The highest BCUT2D eigenvalue weighted by Gasteiger charge is 2.35. The number of amides is 1. The number of aliphatic hydroxyl groups is 2. The van der Waals surface area contributed by atoms with Crippen molar-refractivity contribution in [1.29, 1.82) is 0 Å². The summed E-state index contributed by atoms with van der Waals surface area (Å²) in [6, 6.07) is 24.2. The smallest absolute Gasteiger partial charge is 0.407 e. The Hall–Kier alpha value is -3.53. The summed E-state index contributed by atoms with van der Waals surface area (Å²) < 4.78 is 18.1. The number of alkyl carbamates (subject to hydrolysis) is 1. The third-order valence-corrected chi connectivity index (χ3v) is 8.03. The van der Waals surface area contributed by atoms with Crippen LogP contribution in [0, 0.1) is 0 Å². The number of likely N-dealkylation sites (tertiary alicyclic amines) is 1. The van der Waals surface area contributed by atoms with Gasteiger partial charge >= 0.3 is 6.09 Å². The molecule has 0 spiro atoms. The molecule has 2 fully saturated rings. The lowest BCUT2D eigenvalue weighted by Crippen LogP contribution is -2.42. The summed E-state index contributed by atoms with van der Waals surface area (Å²) in [6.45, 7) is 5.93. The number of aliphatic hydroxyl groups excluding tert-OH is 2. The number of ether oxygens (including phenoxy) is 3. The molecule has 2 saturated heterocycles. The van der Waals surface area contributed by atoms with Crippen LogP contribution >= 0.6 is 0 Å². The Kier molecular flexibility index (Phi) is 10.4. The number of rotatable bonds is 11. The van der Waals surface area contributed by atoms with Crippen LogP contribution in [0.25, 0.3) is 11.1 Å². The first-order valence-electron chi connectivity index (χ1n) is 14.6. The average molecular weight is 573 g/mol. The third-order valence-electron chi connectivity index (χ3n) is 8.03. The molecule has 2 aliphatic heterocycles. The summed E-state index contributed by atoms with van der Waals surface area (Å²) in [4.78, 5) is 14.3. The lowest BCUT2D eigenvalue weighted by atomic mass is 9.97. The predicted octanol–water partition coefficient (Wildman–Crippen LogP) is 5.26. The molecule has 0 radical (unpaired) electrons. The van der Waals surface area contributed by atoms with Gasteiger partial charge in [-0.1, -0.05) is 85.5 Å². The molecular formula is C34H40N2O6. The predicted molar refractivity (Wildman–Crippen MR) is 160 cm³/mol. The first kappa shape index (κ1) is 29.9. The monoisotopic (exact) mass is 572 g/mol. The van der Waals surface area contributed by atoms with Crippen LogP contribution in [0.5, 0.6) is 0 Å². The summed E-state index contributed by atoms with van der Waals surface area (Å²) in [5, 5.41) is 22.1. The molecule has 3 aromatic rings. The van der Waals surface area contributed by atoms with Crippen molar-refractivity contribution in [3.8, 4) is 11.1 Å². The first-order chi connectivity index (χ1) is 20.6. The topological polar surface area (TPSA) is 100 Å². The highest BCUT2D eigenvalue weighted by Crippen LogP contribution is 2.39. The molecule has 2 heterocycles. The molecule has 0 bridgehead atoms. The van der Waals surface area contributed by atoms with Gasteiger partial charge in [0.1, 0.15) is 6.61 Å². The maximum absolute atomic E-state index is 11.9. The van der Waals surface area contributed by atoms with Crippen molar-refractivity contribution in [2.75, 3.05) is 26.3 Å². The van der Waals surface area contributed by atoms with E-state index in [2.05, 4.69) is 16.8 Å². The van der Waals surface area contributed by atoms with Crippen molar-refractivity contribution in [3.05, 3.63) is 108 Å². The summed E-state index contributed by atoms with van der Waals surface area (Å²) in [5.74, 6) is 0. The highest BCUT2D eigenvalue weighted by atomic mass is 16.7. The molecule has 222 valence electrons. The fourth-order valence-corrected chi connectivity index (χ4v) is 5.77. The standard InChI is InChI=1S/C34H40N2O6/c1-2-18-40-34(39)35-20-28-6-3-4-8-31(28)25-13-15-27(16-14-25)33-41-30(21-36-17-5-7-29(36)23-38)19-32(42-33)26-11-9-24(22-37)10-12-26/h2-4,6,8-16,29-30,32-33,37-38H,1,5,7,17-23H2,(H,35,39)/t29-,30-,32+,33+/m0/s1. The van der Waals surface area contributed by atoms with Gasteiger partial charge in [0.15, 0.2) is 6.29 Å². The molecule has 8 nitrogen and oxygen atoms in total. The van der Waals surface area contributed by atoms with Crippen molar-refractivity contribution in [2.45, 2.75) is 57.0 Å². The zero-order chi connectivity index (χ0) is 29.3. The average Bonchev–Trinajstić information content (AvgIpc) is 3.49. The van der Waals surface area contributed by atoms with E-state index in [-0.39, 0.29) is 38.1 Å². The molecule has 0 saturated carbocycles. The van der Waals surface area contributed by atoms with E-state index in [1.165, 1.54) is 6.08 Å². The molecule has 1 amide bonds. The molecule has 0 aliphatic carbocycles.